The summed E-state index contributed by atoms with van der Waals surface area (Å²) in [4.78, 5) is 13.7. The monoisotopic (exact) mass is 200 g/mol. The van der Waals surface area contributed by atoms with Gasteiger partial charge in [-0.15, -0.1) is 0 Å². The summed E-state index contributed by atoms with van der Waals surface area (Å²) in [5, 5.41) is 3.05. The Kier molecular flexibility index (Phi) is 2.54. The highest BCUT2D eigenvalue weighted by Crippen LogP contribution is 2.19. The first-order valence-electron chi connectivity index (χ1n) is 4.76. The Morgan fingerprint density at radius 2 is 1.80 bits per heavy atom. The van der Waals surface area contributed by atoms with Gasteiger partial charge in [0, 0.05) is 25.0 Å². The van der Waals surface area contributed by atoms with Crippen LogP contribution in [0.5, 0.6) is 0 Å². The second kappa shape index (κ2) is 4.00. The zero-order chi connectivity index (χ0) is 10.7. The van der Waals surface area contributed by atoms with Crippen LogP contribution in [0.15, 0.2) is 47.4 Å². The molecule has 0 saturated heterocycles. The number of nitrogens with one attached hydrogen (secondary N) is 2. The van der Waals surface area contributed by atoms with Crippen molar-refractivity contribution in [1.29, 1.82) is 0 Å². The van der Waals surface area contributed by atoms with Gasteiger partial charge in [-0.3, -0.25) is 4.79 Å². The summed E-state index contributed by atoms with van der Waals surface area (Å²) >= 11 is 0. The van der Waals surface area contributed by atoms with Crippen LogP contribution in [0, 0.1) is 0 Å². The molecule has 0 fully saturated rings. The number of aromatic amines is 1. The summed E-state index contributed by atoms with van der Waals surface area (Å²) in [6.07, 6.45) is 1.66. The van der Waals surface area contributed by atoms with Crippen LogP contribution in [-0.2, 0) is 0 Å². The minimum atomic E-state index is -0.0785. The van der Waals surface area contributed by atoms with Crippen molar-refractivity contribution < 1.29 is 0 Å². The van der Waals surface area contributed by atoms with Gasteiger partial charge in [0.25, 0.3) is 0 Å². The van der Waals surface area contributed by atoms with Crippen LogP contribution >= 0.6 is 0 Å². The van der Waals surface area contributed by atoms with E-state index in [4.69, 9.17) is 0 Å². The number of H-pyrrole nitrogens is 1. The highest BCUT2D eigenvalue weighted by Gasteiger charge is 1.97. The molecule has 0 spiro atoms. The van der Waals surface area contributed by atoms with E-state index < -0.39 is 0 Å². The quantitative estimate of drug-likeness (QED) is 0.779. The molecule has 3 nitrogen and oxygen atoms in total. The molecular formula is C12H12N2O. The Morgan fingerprint density at radius 3 is 2.40 bits per heavy atom. The van der Waals surface area contributed by atoms with Crippen LogP contribution in [0.25, 0.3) is 11.1 Å². The highest BCUT2D eigenvalue weighted by atomic mass is 16.1. The van der Waals surface area contributed by atoms with Gasteiger partial charge >= 0.3 is 0 Å². The molecule has 1 aromatic carbocycles. The van der Waals surface area contributed by atoms with Crippen molar-refractivity contribution in [2.75, 3.05) is 12.4 Å². The average molecular weight is 200 g/mol. The van der Waals surface area contributed by atoms with Crippen molar-refractivity contribution in [2.24, 2.45) is 0 Å². The number of aromatic nitrogens is 1. The van der Waals surface area contributed by atoms with Crippen molar-refractivity contribution in [3.8, 4) is 11.1 Å². The summed E-state index contributed by atoms with van der Waals surface area (Å²) in [7, 11) is 1.88. The summed E-state index contributed by atoms with van der Waals surface area (Å²) in [6.45, 7) is 0. The van der Waals surface area contributed by atoms with Gasteiger partial charge in [-0.25, -0.2) is 0 Å². The molecule has 3 heteroatoms. The summed E-state index contributed by atoms with van der Waals surface area (Å²) in [6, 6.07) is 11.4. The van der Waals surface area contributed by atoms with Gasteiger partial charge in [0.2, 0.25) is 5.56 Å². The van der Waals surface area contributed by atoms with E-state index in [9.17, 15) is 4.79 Å². The van der Waals surface area contributed by atoms with E-state index in [1.54, 1.807) is 12.3 Å². The number of rotatable bonds is 2. The standard InChI is InChI=1S/C12H12N2O/c1-13-11-4-2-9(3-5-11)10-6-7-14-12(15)8-10/h2-8,13H,1H3,(H,14,15). The van der Waals surface area contributed by atoms with Gasteiger partial charge in [0.1, 0.15) is 0 Å². The molecule has 0 aliphatic heterocycles. The molecule has 1 heterocycles. The Balaban J connectivity index is 2.41. The van der Waals surface area contributed by atoms with Gasteiger partial charge in [0.15, 0.2) is 0 Å². The molecular weight excluding hydrogens is 188 g/mol. The molecule has 0 saturated carbocycles. The average Bonchev–Trinajstić information content (AvgIpc) is 2.29. The maximum absolute atomic E-state index is 11.1. The Bertz CT molecular complexity index is 500. The number of benzene rings is 1. The van der Waals surface area contributed by atoms with Crippen LogP contribution in [0.3, 0.4) is 0 Å². The third-order valence-corrected chi connectivity index (χ3v) is 2.28. The first-order chi connectivity index (χ1) is 7.29. The fourth-order valence-corrected chi connectivity index (χ4v) is 1.45. The van der Waals surface area contributed by atoms with E-state index in [1.165, 1.54) is 0 Å². The van der Waals surface area contributed by atoms with E-state index in [1.807, 2.05) is 37.4 Å². The van der Waals surface area contributed by atoms with Crippen molar-refractivity contribution in [3.63, 3.8) is 0 Å². The summed E-state index contributed by atoms with van der Waals surface area (Å²) in [5.41, 5.74) is 2.95. The lowest BCUT2D eigenvalue weighted by Gasteiger charge is -2.03. The van der Waals surface area contributed by atoms with E-state index in [2.05, 4.69) is 10.3 Å². The van der Waals surface area contributed by atoms with Crippen LogP contribution in [-0.4, -0.2) is 12.0 Å². The molecule has 0 bridgehead atoms. The van der Waals surface area contributed by atoms with Crippen molar-refractivity contribution in [2.45, 2.75) is 0 Å². The van der Waals surface area contributed by atoms with E-state index in [0.717, 1.165) is 16.8 Å². The fraction of sp³-hybridized carbons (Fsp3) is 0.0833. The molecule has 0 aliphatic carbocycles. The zero-order valence-electron chi connectivity index (χ0n) is 8.45. The normalized spacial score (nSPS) is 9.93. The van der Waals surface area contributed by atoms with Crippen LogP contribution in [0.1, 0.15) is 0 Å². The fourth-order valence-electron chi connectivity index (χ4n) is 1.45. The van der Waals surface area contributed by atoms with Gasteiger partial charge < -0.3 is 10.3 Å². The minimum absolute atomic E-state index is 0.0785. The molecule has 0 unspecified atom stereocenters. The van der Waals surface area contributed by atoms with Crippen LogP contribution < -0.4 is 10.9 Å². The molecule has 2 N–H and O–H groups in total. The maximum atomic E-state index is 11.1. The minimum Gasteiger partial charge on any atom is -0.388 e. The lowest BCUT2D eigenvalue weighted by molar-refractivity contribution is 1.24. The number of hydrogen-bond acceptors (Lipinski definition) is 2. The van der Waals surface area contributed by atoms with Gasteiger partial charge in [-0.2, -0.15) is 0 Å². The van der Waals surface area contributed by atoms with Gasteiger partial charge in [-0.1, -0.05) is 12.1 Å². The second-order valence-electron chi connectivity index (χ2n) is 3.27. The molecule has 1 aromatic heterocycles. The molecule has 76 valence electrons. The number of pyridine rings is 1. The molecule has 0 aliphatic rings. The third-order valence-electron chi connectivity index (χ3n) is 2.28. The van der Waals surface area contributed by atoms with Crippen molar-refractivity contribution >= 4 is 5.69 Å². The smallest absolute Gasteiger partial charge is 0.248 e. The van der Waals surface area contributed by atoms with Crippen LogP contribution in [0.4, 0.5) is 5.69 Å². The predicted octanol–water partition coefficient (Wildman–Crippen LogP) is 2.08. The first-order valence-corrected chi connectivity index (χ1v) is 4.76. The second-order valence-corrected chi connectivity index (χ2v) is 3.27. The third kappa shape index (κ3) is 2.07. The molecule has 2 aromatic rings. The SMILES string of the molecule is CNc1ccc(-c2cc[nH]c(=O)c2)cc1. The number of anilines is 1. The molecule has 0 radical (unpaired) electrons. The molecule has 15 heavy (non-hydrogen) atoms. The van der Waals surface area contributed by atoms with Gasteiger partial charge in [-0.05, 0) is 29.3 Å². The number of hydrogen-bond donors (Lipinski definition) is 2. The topological polar surface area (TPSA) is 44.9 Å². The summed E-state index contributed by atoms with van der Waals surface area (Å²) < 4.78 is 0. The van der Waals surface area contributed by atoms with Crippen molar-refractivity contribution in [1.82, 2.24) is 4.98 Å². The molecule has 0 atom stereocenters. The largest absolute Gasteiger partial charge is 0.388 e. The first kappa shape index (κ1) is 9.52. The van der Waals surface area contributed by atoms with Crippen LogP contribution in [0.2, 0.25) is 0 Å². The Labute approximate surface area is 87.8 Å². The zero-order valence-corrected chi connectivity index (χ0v) is 8.45. The van der Waals surface area contributed by atoms with Crippen molar-refractivity contribution in [3.05, 3.63) is 52.9 Å². The van der Waals surface area contributed by atoms with E-state index in [-0.39, 0.29) is 5.56 Å². The highest BCUT2D eigenvalue weighted by molar-refractivity contribution is 5.65. The summed E-state index contributed by atoms with van der Waals surface area (Å²) in [5.74, 6) is 0. The lowest BCUT2D eigenvalue weighted by atomic mass is 10.1. The van der Waals surface area contributed by atoms with Gasteiger partial charge in [0.05, 0.1) is 0 Å². The molecule has 0 amide bonds. The lowest BCUT2D eigenvalue weighted by Crippen LogP contribution is -2.01. The molecule has 2 rings (SSSR count). The van der Waals surface area contributed by atoms with E-state index >= 15 is 0 Å². The van der Waals surface area contributed by atoms with E-state index in [0.29, 0.717) is 0 Å². The predicted molar refractivity (Wildman–Crippen MR) is 62.0 cm³/mol. The Morgan fingerprint density at radius 1 is 1.07 bits per heavy atom. The maximum Gasteiger partial charge on any atom is 0.248 e. The Hall–Kier alpha value is -2.03.